The lowest BCUT2D eigenvalue weighted by Gasteiger charge is -2.56. The first-order valence-electron chi connectivity index (χ1n) is 9.72. The summed E-state index contributed by atoms with van der Waals surface area (Å²) in [6.07, 6.45) is 6.03. The Labute approximate surface area is 148 Å². The summed E-state index contributed by atoms with van der Waals surface area (Å²) in [5, 5.41) is 9.58. The summed E-state index contributed by atoms with van der Waals surface area (Å²) >= 11 is 0. The van der Waals surface area contributed by atoms with Crippen LogP contribution in [0.15, 0.2) is 35.9 Å². The number of aliphatic hydroxyl groups excluding tert-OH is 1. The molecule has 2 bridgehead atoms. The summed E-state index contributed by atoms with van der Waals surface area (Å²) in [5.41, 5.74) is 4.18. The number of anilines is 1. The minimum Gasteiger partial charge on any atom is -0.396 e. The molecule has 2 saturated heterocycles. The van der Waals surface area contributed by atoms with Crippen LogP contribution in [0, 0.1) is 11.8 Å². The number of nitrogens with zero attached hydrogens (tertiary/aromatic N) is 2. The maximum absolute atomic E-state index is 12.9. The number of piperidine rings is 1. The number of para-hydroxylation sites is 1. The van der Waals surface area contributed by atoms with Crippen molar-refractivity contribution in [3.05, 3.63) is 41.5 Å². The monoisotopic (exact) mass is 336 g/mol. The van der Waals surface area contributed by atoms with E-state index in [4.69, 9.17) is 0 Å². The number of rotatable bonds is 2. The van der Waals surface area contributed by atoms with Crippen molar-refractivity contribution < 1.29 is 9.90 Å². The molecule has 25 heavy (non-hydrogen) atoms. The van der Waals surface area contributed by atoms with Crippen molar-refractivity contribution in [2.24, 2.45) is 11.8 Å². The Morgan fingerprint density at radius 2 is 2.16 bits per heavy atom. The molecule has 4 heterocycles. The highest BCUT2D eigenvalue weighted by atomic mass is 16.3. The number of benzene rings is 1. The first-order valence-corrected chi connectivity index (χ1v) is 9.72. The van der Waals surface area contributed by atoms with Crippen LogP contribution in [0.25, 0.3) is 0 Å². The molecule has 1 saturated carbocycles. The van der Waals surface area contributed by atoms with E-state index in [-0.39, 0.29) is 24.0 Å². The minimum absolute atomic E-state index is 0.0964. The second kappa shape index (κ2) is 4.74. The van der Waals surface area contributed by atoms with Crippen LogP contribution < -0.4 is 4.90 Å². The summed E-state index contributed by atoms with van der Waals surface area (Å²) in [5.74, 6) is 1.33. The van der Waals surface area contributed by atoms with Crippen LogP contribution in [0.4, 0.5) is 5.69 Å². The molecule has 0 aromatic heterocycles. The zero-order valence-corrected chi connectivity index (χ0v) is 14.4. The fourth-order valence-corrected chi connectivity index (χ4v) is 7.00. The normalized spacial score (nSPS) is 40.8. The van der Waals surface area contributed by atoms with Gasteiger partial charge in [-0.05, 0) is 54.8 Å². The van der Waals surface area contributed by atoms with E-state index >= 15 is 0 Å². The van der Waals surface area contributed by atoms with Crippen molar-refractivity contribution in [1.82, 2.24) is 4.90 Å². The third-order valence-electron chi connectivity index (χ3n) is 7.80. The predicted molar refractivity (Wildman–Crippen MR) is 95.4 cm³/mol. The number of amides is 1. The molecule has 5 atom stereocenters. The molecule has 1 spiro atoms. The highest BCUT2D eigenvalue weighted by Gasteiger charge is 2.67. The van der Waals surface area contributed by atoms with Gasteiger partial charge in [0, 0.05) is 36.7 Å². The Hall–Kier alpha value is -1.65. The minimum atomic E-state index is 0.0964. The van der Waals surface area contributed by atoms with Crippen LogP contribution in [-0.2, 0) is 10.2 Å². The van der Waals surface area contributed by atoms with Gasteiger partial charge >= 0.3 is 0 Å². The second-order valence-electron chi connectivity index (χ2n) is 8.51. The average molecular weight is 336 g/mol. The van der Waals surface area contributed by atoms with Crippen molar-refractivity contribution in [2.45, 2.75) is 43.2 Å². The molecular formula is C21H24N2O2. The van der Waals surface area contributed by atoms with Gasteiger partial charge in [0.2, 0.25) is 5.91 Å². The van der Waals surface area contributed by atoms with Crippen LogP contribution >= 0.6 is 0 Å². The van der Waals surface area contributed by atoms with Crippen molar-refractivity contribution in [3.63, 3.8) is 0 Å². The molecule has 6 rings (SSSR count). The predicted octanol–water partition coefficient (Wildman–Crippen LogP) is 2.08. The Bertz CT molecular complexity index is 803. The van der Waals surface area contributed by atoms with E-state index < -0.39 is 0 Å². The third-order valence-corrected chi connectivity index (χ3v) is 7.80. The maximum Gasteiger partial charge on any atom is 0.231 e. The van der Waals surface area contributed by atoms with E-state index in [0.717, 1.165) is 31.6 Å². The van der Waals surface area contributed by atoms with Crippen molar-refractivity contribution in [3.8, 4) is 0 Å². The molecule has 4 heteroatoms. The topological polar surface area (TPSA) is 43.8 Å². The van der Waals surface area contributed by atoms with Gasteiger partial charge in [0.1, 0.15) is 0 Å². The number of aliphatic hydroxyl groups is 1. The molecule has 0 unspecified atom stereocenters. The fourth-order valence-electron chi connectivity index (χ4n) is 7.00. The van der Waals surface area contributed by atoms with E-state index in [2.05, 4.69) is 40.1 Å². The fraction of sp³-hybridized carbons (Fsp3) is 0.571. The van der Waals surface area contributed by atoms with Crippen molar-refractivity contribution in [1.29, 1.82) is 0 Å². The first-order chi connectivity index (χ1) is 12.3. The summed E-state index contributed by atoms with van der Waals surface area (Å²) in [7, 11) is 0. The molecule has 4 nitrogen and oxygen atoms in total. The number of carbonyl (C=O) groups is 1. The zero-order valence-electron chi connectivity index (χ0n) is 14.4. The number of hydrogen-bond donors (Lipinski definition) is 1. The van der Waals surface area contributed by atoms with Gasteiger partial charge in [-0.3, -0.25) is 9.69 Å². The average Bonchev–Trinajstić information content (AvgIpc) is 3.17. The van der Waals surface area contributed by atoms with E-state index in [9.17, 15) is 9.90 Å². The Morgan fingerprint density at radius 3 is 3.04 bits per heavy atom. The quantitative estimate of drug-likeness (QED) is 0.841. The number of carbonyl (C=O) groups excluding carboxylic acids is 1. The molecule has 1 amide bonds. The molecule has 1 aliphatic carbocycles. The van der Waals surface area contributed by atoms with Crippen LogP contribution in [0.2, 0.25) is 0 Å². The molecule has 5 aliphatic rings. The van der Waals surface area contributed by atoms with Gasteiger partial charge in [-0.2, -0.15) is 0 Å². The number of hydrogen-bond acceptors (Lipinski definition) is 3. The SMILES string of the molecule is O=C1CC=C2[C@H]3C[C@@H]4N(CC[C@@]45c4ccccc4N1[C@@H]25)C[C@H]3CCO. The Balaban J connectivity index is 1.60. The summed E-state index contributed by atoms with van der Waals surface area (Å²) < 4.78 is 0. The largest absolute Gasteiger partial charge is 0.396 e. The van der Waals surface area contributed by atoms with Gasteiger partial charge in [0.15, 0.2) is 0 Å². The summed E-state index contributed by atoms with van der Waals surface area (Å²) in [6.45, 7) is 2.50. The van der Waals surface area contributed by atoms with Crippen molar-refractivity contribution >= 4 is 11.6 Å². The molecule has 0 radical (unpaired) electrons. The molecule has 1 aromatic rings. The highest BCUT2D eigenvalue weighted by molar-refractivity contribution is 6.00. The van der Waals surface area contributed by atoms with Gasteiger partial charge in [0.25, 0.3) is 0 Å². The second-order valence-corrected chi connectivity index (χ2v) is 8.51. The molecule has 130 valence electrons. The smallest absolute Gasteiger partial charge is 0.231 e. The van der Waals surface area contributed by atoms with Gasteiger partial charge in [0.05, 0.1) is 6.04 Å². The lowest BCUT2D eigenvalue weighted by atomic mass is 9.56. The lowest BCUT2D eigenvalue weighted by molar-refractivity contribution is -0.119. The van der Waals surface area contributed by atoms with E-state index in [1.54, 1.807) is 0 Å². The van der Waals surface area contributed by atoms with Crippen LogP contribution in [0.3, 0.4) is 0 Å². The van der Waals surface area contributed by atoms with E-state index in [0.29, 0.717) is 24.3 Å². The Kier molecular flexibility index (Phi) is 2.75. The van der Waals surface area contributed by atoms with Gasteiger partial charge in [-0.15, -0.1) is 0 Å². The van der Waals surface area contributed by atoms with Gasteiger partial charge in [-0.1, -0.05) is 24.3 Å². The molecule has 4 aliphatic heterocycles. The lowest BCUT2D eigenvalue weighted by Crippen LogP contribution is -2.64. The van der Waals surface area contributed by atoms with Crippen LogP contribution in [0.1, 0.15) is 31.2 Å². The maximum atomic E-state index is 12.9. The van der Waals surface area contributed by atoms with Gasteiger partial charge in [-0.25, -0.2) is 0 Å². The standard InChI is InChI=1S/C21H24N2O2/c24-10-7-13-12-22-9-8-21-16-3-1-2-4-17(16)23-19(25)6-5-14(20(21)23)15(13)11-18(21)22/h1-5,13,15,18,20,24H,6-12H2/t13-,15+,18+,20+,21-/m1/s1. The molecule has 3 fully saturated rings. The van der Waals surface area contributed by atoms with Crippen LogP contribution in [0.5, 0.6) is 0 Å². The van der Waals surface area contributed by atoms with Crippen LogP contribution in [-0.4, -0.2) is 47.7 Å². The summed E-state index contributed by atoms with van der Waals surface area (Å²) in [4.78, 5) is 17.7. The summed E-state index contributed by atoms with van der Waals surface area (Å²) in [6, 6.07) is 9.42. The molecule has 1 aromatic carbocycles. The van der Waals surface area contributed by atoms with Crippen molar-refractivity contribution in [2.75, 3.05) is 24.6 Å². The van der Waals surface area contributed by atoms with Gasteiger partial charge < -0.3 is 10.0 Å². The van der Waals surface area contributed by atoms with E-state index in [1.165, 1.54) is 17.6 Å². The third kappa shape index (κ3) is 1.55. The molecule has 1 N–H and O–H groups in total. The Morgan fingerprint density at radius 1 is 1.28 bits per heavy atom. The zero-order chi connectivity index (χ0) is 16.8. The molecular weight excluding hydrogens is 312 g/mol. The van der Waals surface area contributed by atoms with E-state index in [1.807, 2.05) is 0 Å². The highest BCUT2D eigenvalue weighted by Crippen LogP contribution is 2.64. The first kappa shape index (κ1) is 14.5. The number of fused-ring (bicyclic) bond motifs is 4.